The van der Waals surface area contributed by atoms with E-state index in [9.17, 15) is 4.79 Å². The predicted octanol–water partition coefficient (Wildman–Crippen LogP) is 3.67. The number of benzene rings is 1. The molecule has 0 radical (unpaired) electrons. The molecule has 1 aromatic carbocycles. The summed E-state index contributed by atoms with van der Waals surface area (Å²) in [5, 5.41) is 12.0. The van der Waals surface area contributed by atoms with E-state index in [-0.39, 0.29) is 11.8 Å². The van der Waals surface area contributed by atoms with Crippen molar-refractivity contribution in [2.75, 3.05) is 18.4 Å². The van der Waals surface area contributed by atoms with Gasteiger partial charge in [-0.05, 0) is 62.5 Å². The summed E-state index contributed by atoms with van der Waals surface area (Å²) in [6.07, 6.45) is 4.10. The molecule has 0 atom stereocenters. The molecule has 0 spiro atoms. The van der Waals surface area contributed by atoms with Crippen LogP contribution in [0.4, 0.5) is 10.8 Å². The first-order valence-corrected chi connectivity index (χ1v) is 10.7. The largest absolute Gasteiger partial charge is 0.353 e. The second kappa shape index (κ2) is 8.08. The summed E-state index contributed by atoms with van der Waals surface area (Å²) in [6, 6.07) is 8.54. The van der Waals surface area contributed by atoms with Gasteiger partial charge in [0.1, 0.15) is 0 Å². The number of amides is 1. The first-order valence-electron chi connectivity index (χ1n) is 9.51. The average Bonchev–Trinajstić information content (AvgIpc) is 3.43. The maximum absolute atomic E-state index is 11.9. The molecule has 2 N–H and O–H groups in total. The van der Waals surface area contributed by atoms with Crippen LogP contribution in [0, 0.1) is 16.8 Å². The van der Waals surface area contributed by atoms with E-state index >= 15 is 0 Å². The summed E-state index contributed by atoms with van der Waals surface area (Å²) in [4.78, 5) is 14.3. The van der Waals surface area contributed by atoms with Crippen LogP contribution in [0.5, 0.6) is 0 Å². The number of anilines is 2. The fourth-order valence-electron chi connectivity index (χ4n) is 3.37. The predicted molar refractivity (Wildman–Crippen MR) is 111 cm³/mol. The summed E-state index contributed by atoms with van der Waals surface area (Å²) in [7, 11) is 0. The molecule has 1 amide bonds. The number of aryl methyl sites for hydroxylation is 1. The Labute approximate surface area is 168 Å². The van der Waals surface area contributed by atoms with Crippen LogP contribution in [0.1, 0.15) is 31.2 Å². The van der Waals surface area contributed by atoms with E-state index in [2.05, 4.69) is 39.7 Å². The molecule has 6 nitrogen and oxygen atoms in total. The lowest BCUT2D eigenvalue weighted by atomic mass is 10.1. The van der Waals surface area contributed by atoms with Crippen LogP contribution in [0.2, 0.25) is 0 Å². The van der Waals surface area contributed by atoms with Crippen molar-refractivity contribution in [2.24, 2.45) is 5.92 Å². The van der Waals surface area contributed by atoms with Crippen molar-refractivity contribution in [3.8, 4) is 0 Å². The van der Waals surface area contributed by atoms with E-state index in [1.807, 2.05) is 16.8 Å². The highest BCUT2D eigenvalue weighted by atomic mass is 32.1. The highest BCUT2D eigenvalue weighted by Gasteiger charge is 2.31. The molecule has 2 aromatic rings. The first kappa shape index (κ1) is 18.6. The topological polar surface area (TPSA) is 62.2 Å². The molecule has 1 aliphatic carbocycles. The van der Waals surface area contributed by atoms with Gasteiger partial charge in [-0.1, -0.05) is 23.5 Å². The van der Waals surface area contributed by atoms with Gasteiger partial charge in [-0.2, -0.15) is 0 Å². The lowest BCUT2D eigenvalue weighted by Crippen LogP contribution is -2.45. The third kappa shape index (κ3) is 4.94. The van der Waals surface area contributed by atoms with Crippen LogP contribution in [-0.4, -0.2) is 39.7 Å². The fourth-order valence-corrected chi connectivity index (χ4v) is 4.38. The Morgan fingerprint density at radius 2 is 2.07 bits per heavy atom. The number of rotatable bonds is 6. The fraction of sp³-hybridized carbons (Fsp3) is 0.526. The molecule has 144 valence electrons. The second-order valence-electron chi connectivity index (χ2n) is 7.48. The van der Waals surface area contributed by atoms with Gasteiger partial charge in [-0.15, -0.1) is 5.10 Å². The number of hydrogen-bond donors (Lipinski definition) is 2. The highest BCUT2D eigenvalue weighted by molar-refractivity contribution is 7.73. The van der Waals surface area contributed by atoms with Crippen molar-refractivity contribution in [1.29, 1.82) is 0 Å². The van der Waals surface area contributed by atoms with Crippen LogP contribution in [0.25, 0.3) is 0 Å². The Kier molecular flexibility index (Phi) is 5.56. The summed E-state index contributed by atoms with van der Waals surface area (Å²) in [6.45, 7) is 4.68. The monoisotopic (exact) mass is 403 g/mol. The van der Waals surface area contributed by atoms with Gasteiger partial charge in [-0.3, -0.25) is 9.69 Å². The van der Waals surface area contributed by atoms with E-state index in [1.165, 1.54) is 16.9 Å². The molecule has 1 aliphatic heterocycles. The molecule has 0 bridgehead atoms. The molecule has 2 aliphatic rings. The van der Waals surface area contributed by atoms with Crippen molar-refractivity contribution >= 4 is 40.3 Å². The molecule has 27 heavy (non-hydrogen) atoms. The van der Waals surface area contributed by atoms with E-state index < -0.39 is 0 Å². The molecule has 2 fully saturated rings. The van der Waals surface area contributed by atoms with Gasteiger partial charge < -0.3 is 10.6 Å². The SMILES string of the molecule is Cc1cccc(Nc2nn(CN3CCC(NC(=O)C4CC4)CC3)c(=S)s2)c1. The lowest BCUT2D eigenvalue weighted by Gasteiger charge is -2.32. The van der Waals surface area contributed by atoms with E-state index in [0.29, 0.717) is 12.7 Å². The minimum atomic E-state index is 0.252. The summed E-state index contributed by atoms with van der Waals surface area (Å²) in [5.74, 6) is 0.540. The van der Waals surface area contributed by atoms with Crippen molar-refractivity contribution in [3.63, 3.8) is 0 Å². The van der Waals surface area contributed by atoms with Crippen LogP contribution < -0.4 is 10.6 Å². The zero-order chi connectivity index (χ0) is 18.8. The van der Waals surface area contributed by atoms with Crippen LogP contribution >= 0.6 is 23.6 Å². The van der Waals surface area contributed by atoms with Gasteiger partial charge >= 0.3 is 0 Å². The molecular weight excluding hydrogens is 378 g/mol. The summed E-state index contributed by atoms with van der Waals surface area (Å²) < 4.78 is 2.66. The zero-order valence-electron chi connectivity index (χ0n) is 15.5. The Bertz CT molecular complexity index is 865. The number of piperidine rings is 1. The quantitative estimate of drug-likeness (QED) is 0.721. The number of nitrogens with zero attached hydrogens (tertiary/aromatic N) is 3. The number of carbonyl (C=O) groups excluding carboxylic acids is 1. The number of aromatic nitrogens is 2. The van der Waals surface area contributed by atoms with Crippen LogP contribution in [0.3, 0.4) is 0 Å². The maximum atomic E-state index is 11.9. The summed E-state index contributed by atoms with van der Waals surface area (Å²) >= 11 is 6.99. The van der Waals surface area contributed by atoms with Gasteiger partial charge in [0.2, 0.25) is 11.0 Å². The minimum absolute atomic E-state index is 0.252. The zero-order valence-corrected chi connectivity index (χ0v) is 17.1. The Morgan fingerprint density at radius 3 is 2.78 bits per heavy atom. The third-order valence-electron chi connectivity index (χ3n) is 5.09. The van der Waals surface area contributed by atoms with Crippen molar-refractivity contribution in [1.82, 2.24) is 20.0 Å². The standard InChI is InChI=1S/C19H25N5OS2/c1-13-3-2-4-16(11-13)21-18-22-24(19(26)27-18)12-23-9-7-15(8-10-23)20-17(25)14-5-6-14/h2-4,11,14-15H,5-10,12H2,1H3,(H,20,25)(H,21,22). The molecule has 1 saturated heterocycles. The molecule has 1 saturated carbocycles. The Hall–Kier alpha value is -1.77. The van der Waals surface area contributed by atoms with Crippen molar-refractivity contribution < 1.29 is 4.79 Å². The van der Waals surface area contributed by atoms with E-state index in [4.69, 9.17) is 12.2 Å². The summed E-state index contributed by atoms with van der Waals surface area (Å²) in [5.41, 5.74) is 2.23. The van der Waals surface area contributed by atoms with E-state index in [0.717, 1.165) is 53.5 Å². The van der Waals surface area contributed by atoms with Crippen molar-refractivity contribution in [2.45, 2.75) is 45.3 Å². The molecule has 2 heterocycles. The minimum Gasteiger partial charge on any atom is -0.353 e. The van der Waals surface area contributed by atoms with Gasteiger partial charge in [-0.25, -0.2) is 4.68 Å². The number of carbonyl (C=O) groups is 1. The number of nitrogens with one attached hydrogen (secondary N) is 2. The average molecular weight is 404 g/mol. The molecule has 8 heteroatoms. The normalized spacial score (nSPS) is 18.4. The highest BCUT2D eigenvalue weighted by Crippen LogP contribution is 2.29. The van der Waals surface area contributed by atoms with Gasteiger partial charge in [0.15, 0.2) is 3.95 Å². The maximum Gasteiger partial charge on any atom is 0.223 e. The molecular formula is C19H25N5OS2. The van der Waals surface area contributed by atoms with Crippen molar-refractivity contribution in [3.05, 3.63) is 33.8 Å². The number of hydrogen-bond acceptors (Lipinski definition) is 6. The second-order valence-corrected chi connectivity index (χ2v) is 9.11. The van der Waals surface area contributed by atoms with Crippen LogP contribution in [-0.2, 0) is 11.5 Å². The van der Waals surface area contributed by atoms with Crippen LogP contribution in [0.15, 0.2) is 24.3 Å². The lowest BCUT2D eigenvalue weighted by molar-refractivity contribution is -0.123. The third-order valence-corrected chi connectivity index (χ3v) is 6.31. The first-order chi connectivity index (χ1) is 13.1. The smallest absolute Gasteiger partial charge is 0.223 e. The Balaban J connectivity index is 1.30. The molecule has 4 rings (SSSR count). The number of likely N-dealkylation sites (tertiary alicyclic amines) is 1. The molecule has 1 aromatic heterocycles. The molecule has 0 unspecified atom stereocenters. The van der Waals surface area contributed by atoms with E-state index in [1.54, 1.807) is 0 Å². The van der Waals surface area contributed by atoms with Gasteiger partial charge in [0.25, 0.3) is 0 Å². The van der Waals surface area contributed by atoms with Gasteiger partial charge in [0.05, 0.1) is 6.67 Å². The Morgan fingerprint density at radius 1 is 1.30 bits per heavy atom. The van der Waals surface area contributed by atoms with Gasteiger partial charge in [0, 0.05) is 30.7 Å².